The highest BCUT2D eigenvalue weighted by atomic mass is 32.1. The zero-order valence-corrected chi connectivity index (χ0v) is 23.2. The summed E-state index contributed by atoms with van der Waals surface area (Å²) in [4.78, 5) is 17.4. The number of methoxy groups -OCH3 is 1. The van der Waals surface area contributed by atoms with Crippen LogP contribution < -0.4 is 20.3 Å². The molecule has 2 fully saturated rings. The summed E-state index contributed by atoms with van der Waals surface area (Å²) < 4.78 is 46.7. The van der Waals surface area contributed by atoms with E-state index in [1.54, 1.807) is 18.3 Å². The van der Waals surface area contributed by atoms with E-state index >= 15 is 0 Å². The van der Waals surface area contributed by atoms with Crippen LogP contribution in [0.5, 0.6) is 5.75 Å². The highest BCUT2D eigenvalue weighted by molar-refractivity contribution is 7.19. The minimum absolute atomic E-state index is 0.0230. The van der Waals surface area contributed by atoms with Crippen LogP contribution in [-0.4, -0.2) is 83.0 Å². The maximum Gasteiger partial charge on any atom is 0.573 e. The van der Waals surface area contributed by atoms with E-state index < -0.39 is 12.5 Å². The molecule has 0 bridgehead atoms. The summed E-state index contributed by atoms with van der Waals surface area (Å²) in [5.74, 6) is 0.362. The number of carbonyl (C=O) groups excluding carboxylic acids is 1. The van der Waals surface area contributed by atoms with Crippen molar-refractivity contribution in [2.45, 2.75) is 44.3 Å². The van der Waals surface area contributed by atoms with Crippen molar-refractivity contribution in [1.82, 2.24) is 25.3 Å². The molecule has 1 unspecified atom stereocenters. The average Bonchev–Trinajstić information content (AvgIpc) is 3.60. The van der Waals surface area contributed by atoms with Gasteiger partial charge >= 0.3 is 6.36 Å². The van der Waals surface area contributed by atoms with Gasteiger partial charge in [-0.05, 0) is 68.1 Å². The Kier molecular flexibility index (Phi) is 9.15. The fourth-order valence-electron chi connectivity index (χ4n) is 5.21. The quantitative estimate of drug-likeness (QED) is 0.360. The number of benzene rings is 1. The lowest BCUT2D eigenvalue weighted by atomic mass is 9.90. The number of hydrogen-bond donors (Lipinski definition) is 2. The molecule has 11 nitrogen and oxygen atoms in total. The number of nitrogens with zero attached hydrogens (tertiary/aromatic N) is 6. The summed E-state index contributed by atoms with van der Waals surface area (Å²) in [5.41, 5.74) is 0.888. The molecule has 2 saturated heterocycles. The number of ether oxygens (including phenoxy) is 2. The number of aromatic nitrogens is 4. The molecule has 0 radical (unpaired) electrons. The Labute approximate surface area is 239 Å². The first kappa shape index (κ1) is 29.0. The molecule has 0 spiro atoms. The number of hydrogen-bond acceptors (Lipinski definition) is 11. The van der Waals surface area contributed by atoms with E-state index in [4.69, 9.17) is 4.74 Å². The number of nitrogens with one attached hydrogen (secondary N) is 2. The van der Waals surface area contributed by atoms with Gasteiger partial charge in [-0.25, -0.2) is 0 Å². The van der Waals surface area contributed by atoms with Crippen molar-refractivity contribution in [2.75, 3.05) is 48.8 Å². The van der Waals surface area contributed by atoms with Gasteiger partial charge in [0.15, 0.2) is 5.82 Å². The van der Waals surface area contributed by atoms with Gasteiger partial charge in [0.2, 0.25) is 10.3 Å². The van der Waals surface area contributed by atoms with Gasteiger partial charge in [0, 0.05) is 39.0 Å². The van der Waals surface area contributed by atoms with Gasteiger partial charge < -0.3 is 19.7 Å². The maximum atomic E-state index is 13.1. The monoisotopic (exact) mass is 592 g/mol. The summed E-state index contributed by atoms with van der Waals surface area (Å²) in [6.45, 7) is 3.69. The Balaban J connectivity index is 1.07. The predicted molar refractivity (Wildman–Crippen MR) is 147 cm³/mol. The van der Waals surface area contributed by atoms with Gasteiger partial charge in [0.25, 0.3) is 5.91 Å². The zero-order valence-electron chi connectivity index (χ0n) is 22.4. The largest absolute Gasteiger partial charge is 0.573 e. The Bertz CT molecular complexity index is 1270. The van der Waals surface area contributed by atoms with E-state index in [1.165, 1.54) is 30.6 Å². The Morgan fingerprint density at radius 2 is 1.83 bits per heavy atom. The van der Waals surface area contributed by atoms with Crippen LogP contribution in [0.4, 0.5) is 29.3 Å². The molecule has 220 valence electrons. The first-order valence-electron chi connectivity index (χ1n) is 13.3. The molecule has 2 N–H and O–H groups in total. The summed E-state index contributed by atoms with van der Waals surface area (Å²) in [6, 6.07) is 9.87. The lowest BCUT2D eigenvalue weighted by Gasteiger charge is -2.34. The molecule has 41 heavy (non-hydrogen) atoms. The number of halogens is 3. The Morgan fingerprint density at radius 1 is 1.07 bits per heavy atom. The number of amides is 1. The van der Waals surface area contributed by atoms with Gasteiger partial charge in [-0.2, -0.15) is 5.10 Å². The molecule has 1 aromatic carbocycles. The molecule has 3 aromatic rings. The van der Waals surface area contributed by atoms with Crippen LogP contribution in [0.3, 0.4) is 0 Å². The normalized spacial score (nSPS) is 19.2. The second-order valence-corrected chi connectivity index (χ2v) is 11.0. The molecular weight excluding hydrogens is 561 g/mol. The zero-order chi connectivity index (χ0) is 28.8. The van der Waals surface area contributed by atoms with Crippen LogP contribution >= 0.6 is 11.3 Å². The Morgan fingerprint density at radius 3 is 2.51 bits per heavy atom. The third kappa shape index (κ3) is 8.01. The third-order valence-corrected chi connectivity index (χ3v) is 7.96. The van der Waals surface area contributed by atoms with Gasteiger partial charge in [-0.3, -0.25) is 15.0 Å². The standard InChI is InChI=1S/C26H31F3N8O3S/c1-39-22(18-8-12-36(13-9-18)15-17-4-6-20(7-5-17)40-26(27,28)29)23(38)32-25-35-34-24(41-25)31-19-10-14-37(16-19)21-3-2-11-30-33-21/h2-7,11,18-19,22H,8-10,12-16H2,1H3,(H,31,34)(H,32,35,38)/t19-,22?/m1/s1. The van der Waals surface area contributed by atoms with E-state index in [2.05, 4.69) is 45.6 Å². The molecule has 2 atom stereocenters. The number of piperidine rings is 1. The van der Waals surface area contributed by atoms with E-state index in [1.807, 2.05) is 12.1 Å². The molecule has 2 aromatic heterocycles. The highest BCUT2D eigenvalue weighted by Gasteiger charge is 2.33. The summed E-state index contributed by atoms with van der Waals surface area (Å²) in [6.07, 6.45) is -1.29. The van der Waals surface area contributed by atoms with Crippen molar-refractivity contribution in [2.24, 2.45) is 5.92 Å². The fraction of sp³-hybridized carbons (Fsp3) is 0.500. The minimum atomic E-state index is -4.71. The Hall–Kier alpha value is -3.56. The van der Waals surface area contributed by atoms with Gasteiger partial charge in [0.1, 0.15) is 11.9 Å². The third-order valence-electron chi connectivity index (χ3n) is 7.19. The number of carbonyl (C=O) groups is 1. The molecule has 4 heterocycles. The number of likely N-dealkylation sites (tertiary alicyclic amines) is 1. The smallest absolute Gasteiger partial charge is 0.406 e. The van der Waals surface area contributed by atoms with Crippen LogP contribution in [0.1, 0.15) is 24.8 Å². The van der Waals surface area contributed by atoms with E-state index in [9.17, 15) is 18.0 Å². The molecule has 15 heteroatoms. The topological polar surface area (TPSA) is 118 Å². The van der Waals surface area contributed by atoms with Crippen molar-refractivity contribution in [3.8, 4) is 5.75 Å². The first-order chi connectivity index (χ1) is 19.8. The first-order valence-corrected chi connectivity index (χ1v) is 14.1. The molecule has 2 aliphatic heterocycles. The average molecular weight is 593 g/mol. The lowest BCUT2D eigenvalue weighted by molar-refractivity contribution is -0.274. The van der Waals surface area contributed by atoms with Crippen LogP contribution in [-0.2, 0) is 16.1 Å². The highest BCUT2D eigenvalue weighted by Crippen LogP contribution is 2.28. The molecular formula is C26H31F3N8O3S. The molecule has 1 amide bonds. The van der Waals surface area contributed by atoms with Crippen molar-refractivity contribution in [3.63, 3.8) is 0 Å². The molecule has 5 rings (SSSR count). The van der Waals surface area contributed by atoms with E-state index in [0.29, 0.717) is 16.8 Å². The summed E-state index contributed by atoms with van der Waals surface area (Å²) in [5, 5.41) is 23.7. The van der Waals surface area contributed by atoms with Crippen LogP contribution in [0.15, 0.2) is 42.6 Å². The van der Waals surface area contributed by atoms with Crippen molar-refractivity contribution in [3.05, 3.63) is 48.2 Å². The lowest BCUT2D eigenvalue weighted by Crippen LogP contribution is -2.43. The second kappa shape index (κ2) is 13.0. The van der Waals surface area contributed by atoms with Crippen LogP contribution in [0, 0.1) is 5.92 Å². The fourth-order valence-corrected chi connectivity index (χ4v) is 5.94. The van der Waals surface area contributed by atoms with Crippen molar-refractivity contribution in [1.29, 1.82) is 0 Å². The second-order valence-electron chi connectivity index (χ2n) is 10.0. The van der Waals surface area contributed by atoms with Gasteiger partial charge in [0.05, 0.1) is 0 Å². The van der Waals surface area contributed by atoms with Crippen LogP contribution in [0.25, 0.3) is 0 Å². The summed E-state index contributed by atoms with van der Waals surface area (Å²) >= 11 is 1.28. The SMILES string of the molecule is COC(C(=O)Nc1nnc(N[C@@H]2CCN(c3cccnn3)C2)s1)C1CCN(Cc2ccc(OC(F)(F)F)cc2)CC1. The maximum absolute atomic E-state index is 13.1. The molecule has 0 aliphatic carbocycles. The van der Waals surface area contributed by atoms with Gasteiger partial charge in [-0.1, -0.05) is 23.5 Å². The van der Waals surface area contributed by atoms with Gasteiger partial charge in [-0.15, -0.1) is 28.5 Å². The minimum Gasteiger partial charge on any atom is -0.406 e. The number of anilines is 3. The van der Waals surface area contributed by atoms with E-state index in [0.717, 1.165) is 56.8 Å². The predicted octanol–water partition coefficient (Wildman–Crippen LogP) is 3.78. The number of alkyl halides is 3. The van der Waals surface area contributed by atoms with Crippen molar-refractivity contribution < 1.29 is 27.4 Å². The number of rotatable bonds is 10. The molecule has 2 aliphatic rings. The van der Waals surface area contributed by atoms with Crippen LogP contribution in [0.2, 0.25) is 0 Å². The summed E-state index contributed by atoms with van der Waals surface area (Å²) in [7, 11) is 1.53. The molecule has 0 saturated carbocycles. The van der Waals surface area contributed by atoms with Crippen molar-refractivity contribution >= 4 is 33.3 Å². The van der Waals surface area contributed by atoms with E-state index in [-0.39, 0.29) is 23.6 Å².